The molecule has 2 aromatic carbocycles. The Bertz CT molecular complexity index is 672. The molecule has 0 aromatic heterocycles. The molecule has 2 heteroatoms. The molecule has 2 aromatic rings. The Morgan fingerprint density at radius 3 is 1.96 bits per heavy atom. The van der Waals surface area contributed by atoms with Crippen molar-refractivity contribution >= 4 is 38.8 Å². The summed E-state index contributed by atoms with van der Waals surface area (Å²) in [5.41, 5.74) is 1.56. The van der Waals surface area contributed by atoms with Crippen LogP contribution >= 0.6 is 0 Å². The zero-order chi connectivity index (χ0) is 18.5. The molecule has 138 valence electrons. The summed E-state index contributed by atoms with van der Waals surface area (Å²) in [6.45, 7) is 4.58. The summed E-state index contributed by atoms with van der Waals surface area (Å²) in [6, 6.07) is 21.9. The topological polar surface area (TPSA) is 0 Å². The fourth-order valence-electron chi connectivity index (χ4n) is 2.54. The van der Waals surface area contributed by atoms with Gasteiger partial charge >= 0.3 is 173 Å². The molecule has 2 rings (SSSR count). The first-order chi connectivity index (χ1) is 12.8. The third-order valence-electron chi connectivity index (χ3n) is 4.02. The summed E-state index contributed by atoms with van der Waals surface area (Å²) in [5.74, 6) is 0. The van der Waals surface area contributed by atoms with Crippen LogP contribution in [-0.4, -0.2) is 29.9 Å². The van der Waals surface area contributed by atoms with Crippen molar-refractivity contribution in [2.24, 2.45) is 0 Å². The average molecular weight is 476 g/mol. The molecule has 0 atom stereocenters. The fraction of sp³-hybridized carbons (Fsp3) is 0.333. The standard InChI is InChI=1S/C24H30Se2/c1-3-5-13-21(20-25-22-15-9-7-10-16-22)19-24(14-6-4-2)26-23-17-11-8-12-18-23/h7-12,15-20H,3-6,13-14H2,1-2H3/b21-20-,24-19+. The molecule has 0 aliphatic rings. The van der Waals surface area contributed by atoms with Crippen LogP contribution in [0.25, 0.3) is 0 Å². The Morgan fingerprint density at radius 2 is 1.35 bits per heavy atom. The summed E-state index contributed by atoms with van der Waals surface area (Å²) in [5, 5.41) is 0. The first-order valence-electron chi connectivity index (χ1n) is 9.66. The van der Waals surface area contributed by atoms with Gasteiger partial charge in [-0.3, -0.25) is 0 Å². The summed E-state index contributed by atoms with van der Waals surface area (Å²) < 4.78 is 4.61. The third-order valence-corrected chi connectivity index (χ3v) is 8.34. The van der Waals surface area contributed by atoms with Crippen LogP contribution < -0.4 is 8.92 Å². The summed E-state index contributed by atoms with van der Waals surface area (Å²) >= 11 is 0.873. The van der Waals surface area contributed by atoms with Crippen molar-refractivity contribution in [1.29, 1.82) is 0 Å². The Hall–Kier alpha value is -1.04. The van der Waals surface area contributed by atoms with Crippen LogP contribution in [0.5, 0.6) is 0 Å². The molecule has 0 spiro atoms. The maximum atomic E-state index is 2.54. The van der Waals surface area contributed by atoms with E-state index >= 15 is 0 Å². The van der Waals surface area contributed by atoms with Gasteiger partial charge in [0.2, 0.25) is 0 Å². The molecule has 0 aliphatic heterocycles. The van der Waals surface area contributed by atoms with Crippen LogP contribution in [0.3, 0.4) is 0 Å². The Labute approximate surface area is 172 Å². The predicted octanol–water partition coefficient (Wildman–Crippen LogP) is 5.19. The molecule has 0 saturated carbocycles. The third kappa shape index (κ3) is 8.56. The van der Waals surface area contributed by atoms with Crippen LogP contribution in [0.1, 0.15) is 52.4 Å². The van der Waals surface area contributed by atoms with Gasteiger partial charge in [0.05, 0.1) is 0 Å². The average Bonchev–Trinajstić information content (AvgIpc) is 2.69. The molecule has 0 radical (unpaired) electrons. The molecule has 0 unspecified atom stereocenters. The zero-order valence-electron chi connectivity index (χ0n) is 16.0. The first-order valence-corrected chi connectivity index (χ1v) is 13.2. The second kappa shape index (κ2) is 13.2. The van der Waals surface area contributed by atoms with Gasteiger partial charge in [-0.15, -0.1) is 0 Å². The van der Waals surface area contributed by atoms with Gasteiger partial charge in [0.1, 0.15) is 0 Å². The van der Waals surface area contributed by atoms with E-state index in [4.69, 9.17) is 0 Å². The van der Waals surface area contributed by atoms with Gasteiger partial charge in [0, 0.05) is 0 Å². The van der Waals surface area contributed by atoms with Crippen molar-refractivity contribution in [2.75, 3.05) is 0 Å². The normalized spacial score (nSPS) is 12.4. The number of hydrogen-bond acceptors (Lipinski definition) is 0. The zero-order valence-corrected chi connectivity index (χ0v) is 19.4. The Morgan fingerprint density at radius 1 is 0.769 bits per heavy atom. The summed E-state index contributed by atoms with van der Waals surface area (Å²) in [4.78, 5) is 2.52. The minimum absolute atomic E-state index is 0.427. The van der Waals surface area contributed by atoms with Gasteiger partial charge in [-0.2, -0.15) is 0 Å². The van der Waals surface area contributed by atoms with E-state index in [0.29, 0.717) is 29.9 Å². The van der Waals surface area contributed by atoms with Gasteiger partial charge in [0.15, 0.2) is 0 Å². The van der Waals surface area contributed by atoms with E-state index in [-0.39, 0.29) is 0 Å². The fourth-order valence-corrected chi connectivity index (χ4v) is 6.40. The summed E-state index contributed by atoms with van der Waals surface area (Å²) in [6.07, 6.45) is 10.1. The van der Waals surface area contributed by atoms with E-state index in [1.165, 1.54) is 47.4 Å². The molecular formula is C24H30Se2. The van der Waals surface area contributed by atoms with Gasteiger partial charge < -0.3 is 0 Å². The molecule has 0 saturated heterocycles. The molecule has 0 bridgehead atoms. The number of benzene rings is 2. The molecule has 26 heavy (non-hydrogen) atoms. The molecular weight excluding hydrogens is 446 g/mol. The monoisotopic (exact) mass is 478 g/mol. The molecule has 0 N–H and O–H groups in total. The van der Waals surface area contributed by atoms with Crippen LogP contribution in [0, 0.1) is 0 Å². The van der Waals surface area contributed by atoms with E-state index < -0.39 is 0 Å². The van der Waals surface area contributed by atoms with E-state index in [1.807, 2.05) is 0 Å². The van der Waals surface area contributed by atoms with Crippen molar-refractivity contribution in [3.05, 3.63) is 81.8 Å². The second-order valence-electron chi connectivity index (χ2n) is 6.36. The molecule has 0 heterocycles. The van der Waals surface area contributed by atoms with Crippen LogP contribution in [0.2, 0.25) is 0 Å². The van der Waals surface area contributed by atoms with Crippen LogP contribution in [0.15, 0.2) is 81.8 Å². The predicted molar refractivity (Wildman–Crippen MR) is 119 cm³/mol. The summed E-state index contributed by atoms with van der Waals surface area (Å²) in [7, 11) is 0. The van der Waals surface area contributed by atoms with Crippen molar-refractivity contribution in [2.45, 2.75) is 52.4 Å². The van der Waals surface area contributed by atoms with Gasteiger partial charge in [-0.1, -0.05) is 0 Å². The quantitative estimate of drug-likeness (QED) is 0.309. The van der Waals surface area contributed by atoms with Crippen molar-refractivity contribution in [3.63, 3.8) is 0 Å². The van der Waals surface area contributed by atoms with Gasteiger partial charge in [-0.05, 0) is 0 Å². The minimum atomic E-state index is 0.427. The Kier molecular flexibility index (Phi) is 10.8. The maximum absolute atomic E-state index is 2.54. The molecule has 0 amide bonds. The second-order valence-corrected chi connectivity index (χ2v) is 10.9. The molecule has 0 nitrogen and oxygen atoms in total. The number of unbranched alkanes of at least 4 members (excludes halogenated alkanes) is 2. The van der Waals surface area contributed by atoms with E-state index in [2.05, 4.69) is 85.6 Å². The van der Waals surface area contributed by atoms with Gasteiger partial charge in [-0.25, -0.2) is 0 Å². The van der Waals surface area contributed by atoms with E-state index in [0.717, 1.165) is 0 Å². The first kappa shape index (κ1) is 21.3. The van der Waals surface area contributed by atoms with Gasteiger partial charge in [0.25, 0.3) is 0 Å². The number of allylic oxidation sites excluding steroid dienone is 3. The molecule has 0 aliphatic carbocycles. The van der Waals surface area contributed by atoms with Crippen LogP contribution in [-0.2, 0) is 0 Å². The van der Waals surface area contributed by atoms with E-state index in [1.54, 1.807) is 10.0 Å². The van der Waals surface area contributed by atoms with Crippen LogP contribution in [0.4, 0.5) is 0 Å². The SMILES string of the molecule is CCCCC(=C/[Se]c1ccccc1)/C=C(\CCCC)[Se]c1ccccc1. The number of rotatable bonds is 11. The Balaban J connectivity index is 2.16. The number of hydrogen-bond donors (Lipinski definition) is 0. The van der Waals surface area contributed by atoms with Crippen molar-refractivity contribution in [1.82, 2.24) is 0 Å². The van der Waals surface area contributed by atoms with Crippen molar-refractivity contribution < 1.29 is 0 Å². The van der Waals surface area contributed by atoms with Crippen molar-refractivity contribution in [3.8, 4) is 0 Å². The van der Waals surface area contributed by atoms with E-state index in [9.17, 15) is 0 Å². The molecule has 0 fully saturated rings.